The summed E-state index contributed by atoms with van der Waals surface area (Å²) >= 11 is 0. The fourth-order valence-electron chi connectivity index (χ4n) is 2.34. The molecule has 0 bridgehead atoms. The zero-order chi connectivity index (χ0) is 12.4. The van der Waals surface area contributed by atoms with Gasteiger partial charge in [-0.05, 0) is 6.42 Å². The van der Waals surface area contributed by atoms with E-state index >= 15 is 0 Å². The van der Waals surface area contributed by atoms with Gasteiger partial charge in [-0.3, -0.25) is 9.59 Å². The minimum absolute atomic E-state index is 0.00227. The average molecular weight is 242 g/mol. The number of nitrogens with one attached hydrogen (secondary N) is 1. The van der Waals surface area contributed by atoms with E-state index in [0.717, 1.165) is 0 Å². The van der Waals surface area contributed by atoms with Crippen molar-refractivity contribution >= 4 is 11.9 Å². The molecule has 0 saturated carbocycles. The van der Waals surface area contributed by atoms with Gasteiger partial charge in [-0.15, -0.1) is 0 Å². The van der Waals surface area contributed by atoms with Gasteiger partial charge in [-0.25, -0.2) is 0 Å². The van der Waals surface area contributed by atoms with E-state index in [2.05, 4.69) is 5.32 Å². The Balaban J connectivity index is 1.87. The van der Waals surface area contributed by atoms with Gasteiger partial charge in [0.15, 0.2) is 0 Å². The van der Waals surface area contributed by atoms with Crippen LogP contribution in [0.4, 0.5) is 0 Å². The molecule has 2 aliphatic rings. The Morgan fingerprint density at radius 2 is 2.29 bits per heavy atom. The number of carbonyl (C=O) groups excluding carboxylic acids is 1. The number of carboxylic acids is 1. The second kappa shape index (κ2) is 5.01. The van der Waals surface area contributed by atoms with Gasteiger partial charge in [0.1, 0.15) is 6.10 Å². The maximum absolute atomic E-state index is 11.7. The first kappa shape index (κ1) is 12.3. The lowest BCUT2D eigenvalue weighted by Crippen LogP contribution is -2.45. The highest BCUT2D eigenvalue weighted by Gasteiger charge is 2.34. The lowest BCUT2D eigenvalue weighted by molar-refractivity contribution is -0.147. The van der Waals surface area contributed by atoms with E-state index in [1.54, 1.807) is 11.9 Å². The molecule has 2 heterocycles. The Hall–Kier alpha value is -1.14. The molecule has 2 aliphatic heterocycles. The second-order valence-electron chi connectivity index (χ2n) is 4.72. The Kier molecular flexibility index (Phi) is 3.63. The zero-order valence-electron chi connectivity index (χ0n) is 9.89. The quantitative estimate of drug-likeness (QED) is 0.684. The van der Waals surface area contributed by atoms with Crippen molar-refractivity contribution in [2.45, 2.75) is 25.0 Å². The van der Waals surface area contributed by atoms with Gasteiger partial charge >= 0.3 is 5.97 Å². The number of likely N-dealkylation sites (tertiary alicyclic amines) is 1. The van der Waals surface area contributed by atoms with Crippen LogP contribution in [0, 0.1) is 5.92 Å². The summed E-state index contributed by atoms with van der Waals surface area (Å²) < 4.78 is 5.70. The Morgan fingerprint density at radius 3 is 2.88 bits per heavy atom. The molecule has 0 spiro atoms. The van der Waals surface area contributed by atoms with Crippen LogP contribution < -0.4 is 5.32 Å². The minimum atomic E-state index is -0.805. The third-order valence-electron chi connectivity index (χ3n) is 3.39. The molecule has 2 saturated heterocycles. The average Bonchev–Trinajstić information content (AvgIpc) is 2.61. The number of hydrogen-bond donors (Lipinski definition) is 2. The number of likely N-dealkylation sites (N-methyl/N-ethyl adjacent to an activating group) is 1. The summed E-state index contributed by atoms with van der Waals surface area (Å²) in [7, 11) is 1.75. The third kappa shape index (κ3) is 2.76. The maximum atomic E-state index is 11.7. The van der Waals surface area contributed by atoms with Gasteiger partial charge in [-0.2, -0.15) is 0 Å². The lowest BCUT2D eigenvalue weighted by Gasteiger charge is -2.29. The van der Waals surface area contributed by atoms with Crippen LogP contribution in [-0.4, -0.2) is 60.8 Å². The summed E-state index contributed by atoms with van der Waals surface area (Å²) in [6.45, 7) is 1.82. The number of hydrogen-bond acceptors (Lipinski definition) is 4. The predicted molar refractivity (Wildman–Crippen MR) is 59.5 cm³/mol. The maximum Gasteiger partial charge on any atom is 0.307 e. The molecular weight excluding hydrogens is 224 g/mol. The zero-order valence-corrected chi connectivity index (χ0v) is 9.89. The second-order valence-corrected chi connectivity index (χ2v) is 4.72. The first-order valence-electron chi connectivity index (χ1n) is 5.92. The molecule has 2 rings (SSSR count). The molecule has 3 unspecified atom stereocenters. The van der Waals surface area contributed by atoms with Gasteiger partial charge in [-0.1, -0.05) is 0 Å². The van der Waals surface area contributed by atoms with Crippen LogP contribution >= 0.6 is 0 Å². The fraction of sp³-hybridized carbons (Fsp3) is 0.818. The molecule has 96 valence electrons. The van der Waals surface area contributed by atoms with Gasteiger partial charge in [0, 0.05) is 33.1 Å². The number of rotatable bonds is 3. The van der Waals surface area contributed by atoms with Crippen LogP contribution in [0.15, 0.2) is 0 Å². The number of piperidine rings is 1. The van der Waals surface area contributed by atoms with E-state index in [9.17, 15) is 9.59 Å². The molecule has 17 heavy (non-hydrogen) atoms. The van der Waals surface area contributed by atoms with Crippen LogP contribution in [0.25, 0.3) is 0 Å². The standard InChI is InChI=1S/C11H18N2O4/c1-13-3-2-9(10(13)14)17-8-4-7(11(15)16)5-12-6-8/h7-9,12H,2-6H2,1H3,(H,15,16). The summed E-state index contributed by atoms with van der Waals surface area (Å²) in [6.07, 6.45) is 0.615. The van der Waals surface area contributed by atoms with Crippen LogP contribution in [0.2, 0.25) is 0 Å². The molecular formula is C11H18N2O4. The lowest BCUT2D eigenvalue weighted by atomic mass is 9.97. The van der Waals surface area contributed by atoms with Crippen molar-refractivity contribution in [2.75, 3.05) is 26.7 Å². The van der Waals surface area contributed by atoms with Crippen LogP contribution in [0.1, 0.15) is 12.8 Å². The normalized spacial score (nSPS) is 34.1. The van der Waals surface area contributed by atoms with Crippen molar-refractivity contribution in [3.05, 3.63) is 0 Å². The number of amides is 1. The fourth-order valence-corrected chi connectivity index (χ4v) is 2.34. The molecule has 2 N–H and O–H groups in total. The van der Waals surface area contributed by atoms with Crippen molar-refractivity contribution in [3.63, 3.8) is 0 Å². The van der Waals surface area contributed by atoms with E-state index in [-0.39, 0.29) is 18.1 Å². The number of carbonyl (C=O) groups is 2. The van der Waals surface area contributed by atoms with Crippen molar-refractivity contribution in [3.8, 4) is 0 Å². The first-order valence-corrected chi connectivity index (χ1v) is 5.92. The van der Waals surface area contributed by atoms with Gasteiger partial charge < -0.3 is 20.1 Å². The van der Waals surface area contributed by atoms with E-state index < -0.39 is 11.9 Å². The van der Waals surface area contributed by atoms with E-state index in [1.165, 1.54) is 0 Å². The van der Waals surface area contributed by atoms with E-state index in [4.69, 9.17) is 9.84 Å². The number of ether oxygens (including phenoxy) is 1. The molecule has 0 radical (unpaired) electrons. The Labute approximate surface area is 99.9 Å². The van der Waals surface area contributed by atoms with Gasteiger partial charge in [0.05, 0.1) is 12.0 Å². The predicted octanol–water partition coefficient (Wildman–Crippen LogP) is -0.704. The van der Waals surface area contributed by atoms with Gasteiger partial charge in [0.2, 0.25) is 0 Å². The van der Waals surface area contributed by atoms with E-state index in [1.807, 2.05) is 0 Å². The molecule has 1 amide bonds. The van der Waals surface area contributed by atoms with Crippen LogP contribution in [0.5, 0.6) is 0 Å². The van der Waals surface area contributed by atoms with Crippen LogP contribution in [-0.2, 0) is 14.3 Å². The molecule has 0 aromatic carbocycles. The van der Waals surface area contributed by atoms with E-state index in [0.29, 0.717) is 32.5 Å². The Bertz CT molecular complexity index is 321. The Morgan fingerprint density at radius 1 is 1.53 bits per heavy atom. The number of carboxylic acid groups (broad SMARTS) is 1. The highest BCUT2D eigenvalue weighted by atomic mass is 16.5. The third-order valence-corrected chi connectivity index (χ3v) is 3.39. The summed E-state index contributed by atoms with van der Waals surface area (Å²) in [5.74, 6) is -1.22. The minimum Gasteiger partial charge on any atom is -0.481 e. The molecule has 0 aromatic rings. The monoisotopic (exact) mass is 242 g/mol. The molecule has 2 fully saturated rings. The molecule has 0 aromatic heterocycles. The molecule has 6 heteroatoms. The highest BCUT2D eigenvalue weighted by Crippen LogP contribution is 2.20. The van der Waals surface area contributed by atoms with Gasteiger partial charge in [0.25, 0.3) is 5.91 Å². The smallest absolute Gasteiger partial charge is 0.307 e. The highest BCUT2D eigenvalue weighted by molar-refractivity contribution is 5.82. The largest absolute Gasteiger partial charge is 0.481 e. The van der Waals surface area contributed by atoms with Crippen molar-refractivity contribution in [2.24, 2.45) is 5.92 Å². The molecule has 6 nitrogen and oxygen atoms in total. The van der Waals surface area contributed by atoms with Crippen LogP contribution in [0.3, 0.4) is 0 Å². The van der Waals surface area contributed by atoms with Crippen molar-refractivity contribution < 1.29 is 19.4 Å². The van der Waals surface area contributed by atoms with Crippen molar-refractivity contribution in [1.29, 1.82) is 0 Å². The SMILES string of the molecule is CN1CCC(OC2CNCC(C(=O)O)C2)C1=O. The summed E-state index contributed by atoms with van der Waals surface area (Å²) in [4.78, 5) is 24.2. The number of nitrogens with zero attached hydrogens (tertiary/aromatic N) is 1. The first-order chi connectivity index (χ1) is 8.08. The molecule has 0 aliphatic carbocycles. The topological polar surface area (TPSA) is 78.9 Å². The van der Waals surface area contributed by atoms with Crippen molar-refractivity contribution in [1.82, 2.24) is 10.2 Å². The summed E-state index contributed by atoms with van der Waals surface area (Å²) in [6, 6.07) is 0. The molecule has 3 atom stereocenters. The summed E-state index contributed by atoms with van der Waals surface area (Å²) in [5, 5.41) is 12.0. The number of aliphatic carboxylic acids is 1. The summed E-state index contributed by atoms with van der Waals surface area (Å²) in [5.41, 5.74) is 0.